The third-order valence-electron chi connectivity index (χ3n) is 3.34. The second-order valence-corrected chi connectivity index (χ2v) is 5.90. The Hall–Kier alpha value is -0.0800. The van der Waals surface area contributed by atoms with Crippen LogP contribution < -0.4 is 5.32 Å². The van der Waals surface area contributed by atoms with Gasteiger partial charge in [0.2, 0.25) is 0 Å². The van der Waals surface area contributed by atoms with Gasteiger partial charge in [0.05, 0.1) is 0 Å². The maximum Gasteiger partial charge on any atom is 0.00764 e. The molecule has 0 aromatic carbocycles. The van der Waals surface area contributed by atoms with Crippen molar-refractivity contribution in [3.8, 4) is 0 Å². The van der Waals surface area contributed by atoms with Crippen molar-refractivity contribution in [2.75, 3.05) is 26.7 Å². The number of nitrogens with one attached hydrogen (secondary N) is 1. The summed E-state index contributed by atoms with van der Waals surface area (Å²) in [7, 11) is 2.09. The van der Waals surface area contributed by atoms with Crippen LogP contribution in [0.15, 0.2) is 0 Å². The number of nitrogens with zero attached hydrogens (tertiary/aromatic N) is 1. The molecule has 0 bridgehead atoms. The molecule has 16 heavy (non-hydrogen) atoms. The van der Waals surface area contributed by atoms with E-state index >= 15 is 0 Å². The summed E-state index contributed by atoms with van der Waals surface area (Å²) in [5, 5.41) is 3.45. The number of hydrogen-bond donors (Lipinski definition) is 1. The van der Waals surface area contributed by atoms with E-state index in [1.54, 1.807) is 0 Å². The number of hydrogen-bond acceptors (Lipinski definition) is 2. The largest absolute Gasteiger partial charge is 0.317 e. The lowest BCUT2D eigenvalue weighted by Crippen LogP contribution is -2.33. The molecule has 0 saturated heterocycles. The summed E-state index contributed by atoms with van der Waals surface area (Å²) in [5.74, 6) is 0. The second kappa shape index (κ2) is 8.08. The first-order valence-corrected chi connectivity index (χ1v) is 6.82. The van der Waals surface area contributed by atoms with Crippen molar-refractivity contribution >= 4 is 0 Å². The Morgan fingerprint density at radius 1 is 1.06 bits per heavy atom. The van der Waals surface area contributed by atoms with Gasteiger partial charge in [-0.25, -0.2) is 0 Å². The minimum atomic E-state index is 0.463. The van der Waals surface area contributed by atoms with E-state index in [1.165, 1.54) is 38.9 Å². The summed E-state index contributed by atoms with van der Waals surface area (Å²) in [4.78, 5) is 2.50. The molecule has 2 nitrogen and oxygen atoms in total. The van der Waals surface area contributed by atoms with E-state index in [0.717, 1.165) is 0 Å². The molecule has 98 valence electrons. The summed E-state index contributed by atoms with van der Waals surface area (Å²) < 4.78 is 0. The van der Waals surface area contributed by atoms with Crippen molar-refractivity contribution in [1.29, 1.82) is 0 Å². The topological polar surface area (TPSA) is 15.3 Å². The minimum absolute atomic E-state index is 0.463. The zero-order chi connectivity index (χ0) is 12.6. The average molecular weight is 228 g/mol. The Balaban J connectivity index is 3.83. The van der Waals surface area contributed by atoms with Gasteiger partial charge in [-0.1, -0.05) is 34.6 Å². The molecule has 2 heteroatoms. The van der Waals surface area contributed by atoms with Crippen LogP contribution in [0.3, 0.4) is 0 Å². The summed E-state index contributed by atoms with van der Waals surface area (Å²) in [5.41, 5.74) is 0.463. The van der Waals surface area contributed by atoms with Crippen LogP contribution in [-0.4, -0.2) is 37.6 Å². The van der Waals surface area contributed by atoms with Crippen molar-refractivity contribution in [3.63, 3.8) is 0 Å². The first-order chi connectivity index (χ1) is 7.42. The zero-order valence-corrected chi connectivity index (χ0v) is 12.3. The quantitative estimate of drug-likeness (QED) is 0.686. The third-order valence-corrected chi connectivity index (χ3v) is 3.34. The van der Waals surface area contributed by atoms with Crippen LogP contribution in [0.25, 0.3) is 0 Å². The van der Waals surface area contributed by atoms with Crippen LogP contribution >= 0.6 is 0 Å². The molecule has 0 aliphatic rings. The zero-order valence-electron chi connectivity index (χ0n) is 12.3. The first kappa shape index (κ1) is 15.9. The van der Waals surface area contributed by atoms with E-state index < -0.39 is 0 Å². The molecule has 0 rings (SSSR count). The fraction of sp³-hybridized carbons (Fsp3) is 1.00. The van der Waals surface area contributed by atoms with Crippen LogP contribution in [0.1, 0.15) is 53.9 Å². The van der Waals surface area contributed by atoms with Gasteiger partial charge in [0.25, 0.3) is 0 Å². The maximum absolute atomic E-state index is 3.45. The molecule has 0 spiro atoms. The molecule has 0 amide bonds. The Bertz CT molecular complexity index is 157. The van der Waals surface area contributed by atoms with Gasteiger partial charge in [-0.2, -0.15) is 0 Å². The van der Waals surface area contributed by atoms with Gasteiger partial charge in [-0.05, 0) is 51.4 Å². The van der Waals surface area contributed by atoms with Crippen LogP contribution in [0.2, 0.25) is 0 Å². The monoisotopic (exact) mass is 228 g/mol. The Kier molecular flexibility index (Phi) is 8.04. The molecule has 0 radical (unpaired) electrons. The van der Waals surface area contributed by atoms with E-state index in [2.05, 4.69) is 51.9 Å². The van der Waals surface area contributed by atoms with Crippen molar-refractivity contribution in [2.24, 2.45) is 5.41 Å². The van der Waals surface area contributed by atoms with Gasteiger partial charge in [0.15, 0.2) is 0 Å². The summed E-state index contributed by atoms with van der Waals surface area (Å²) >= 11 is 0. The minimum Gasteiger partial charge on any atom is -0.317 e. The lowest BCUT2D eigenvalue weighted by atomic mass is 9.88. The molecule has 0 fully saturated rings. The van der Waals surface area contributed by atoms with Crippen LogP contribution in [0.5, 0.6) is 0 Å². The smallest absolute Gasteiger partial charge is 0.00764 e. The third kappa shape index (κ3) is 8.12. The molecule has 0 aliphatic carbocycles. The highest BCUT2D eigenvalue weighted by molar-refractivity contribution is 4.71. The molecule has 1 N–H and O–H groups in total. The summed E-state index contributed by atoms with van der Waals surface area (Å²) in [6, 6.07) is 0.680. The Labute approximate surface area is 103 Å². The Morgan fingerprint density at radius 3 is 2.00 bits per heavy atom. The van der Waals surface area contributed by atoms with E-state index in [9.17, 15) is 0 Å². The van der Waals surface area contributed by atoms with E-state index in [0.29, 0.717) is 11.5 Å². The summed E-state index contributed by atoms with van der Waals surface area (Å²) in [6.45, 7) is 15.0. The Morgan fingerprint density at radius 2 is 1.62 bits per heavy atom. The molecular weight excluding hydrogens is 196 g/mol. The van der Waals surface area contributed by atoms with E-state index in [1.807, 2.05) is 0 Å². The number of rotatable bonds is 8. The van der Waals surface area contributed by atoms with Gasteiger partial charge in [0, 0.05) is 6.04 Å². The highest BCUT2D eigenvalue weighted by Crippen LogP contribution is 2.22. The first-order valence-electron chi connectivity index (χ1n) is 6.82. The van der Waals surface area contributed by atoms with Crippen molar-refractivity contribution < 1.29 is 0 Å². The lowest BCUT2D eigenvalue weighted by molar-refractivity contribution is 0.267. The second-order valence-electron chi connectivity index (χ2n) is 5.90. The normalized spacial score (nSPS) is 14.4. The summed E-state index contributed by atoms with van der Waals surface area (Å²) in [6.07, 6.45) is 3.87. The maximum atomic E-state index is 3.45. The fourth-order valence-electron chi connectivity index (χ4n) is 1.92. The standard InChI is InChI=1S/C14H32N2/c1-7-16(8-2)12-10-13(15-6)9-11-14(3,4)5/h13,15H,7-12H2,1-6H3. The molecule has 1 unspecified atom stereocenters. The molecule has 0 heterocycles. The average Bonchev–Trinajstić information content (AvgIpc) is 2.22. The predicted octanol–water partition coefficient (Wildman–Crippen LogP) is 3.13. The lowest BCUT2D eigenvalue weighted by Gasteiger charge is -2.25. The molecule has 1 atom stereocenters. The SMILES string of the molecule is CCN(CC)CCC(CCC(C)(C)C)NC. The van der Waals surface area contributed by atoms with Crippen LogP contribution in [0, 0.1) is 5.41 Å². The molecule has 0 aromatic heterocycles. The molecule has 0 saturated carbocycles. The van der Waals surface area contributed by atoms with Crippen LogP contribution in [0.4, 0.5) is 0 Å². The van der Waals surface area contributed by atoms with Gasteiger partial charge in [-0.3, -0.25) is 0 Å². The van der Waals surface area contributed by atoms with Crippen molar-refractivity contribution in [3.05, 3.63) is 0 Å². The van der Waals surface area contributed by atoms with E-state index in [-0.39, 0.29) is 0 Å². The van der Waals surface area contributed by atoms with Gasteiger partial charge < -0.3 is 10.2 Å². The van der Waals surface area contributed by atoms with Crippen molar-refractivity contribution in [2.45, 2.75) is 59.9 Å². The van der Waals surface area contributed by atoms with Gasteiger partial charge in [-0.15, -0.1) is 0 Å². The highest BCUT2D eigenvalue weighted by atomic mass is 15.1. The van der Waals surface area contributed by atoms with Crippen LogP contribution in [-0.2, 0) is 0 Å². The molecular formula is C14H32N2. The molecule has 0 aromatic rings. The fourth-order valence-corrected chi connectivity index (χ4v) is 1.92. The van der Waals surface area contributed by atoms with Crippen molar-refractivity contribution in [1.82, 2.24) is 10.2 Å². The van der Waals surface area contributed by atoms with Gasteiger partial charge >= 0.3 is 0 Å². The highest BCUT2D eigenvalue weighted by Gasteiger charge is 2.14. The van der Waals surface area contributed by atoms with Gasteiger partial charge in [0.1, 0.15) is 0 Å². The van der Waals surface area contributed by atoms with E-state index in [4.69, 9.17) is 0 Å². The predicted molar refractivity (Wildman–Crippen MR) is 73.9 cm³/mol. The molecule has 0 aliphatic heterocycles.